The third-order valence-electron chi connectivity index (χ3n) is 3.91. The average molecular weight is 339 g/mol. The highest BCUT2D eigenvalue weighted by molar-refractivity contribution is 9.10. The van der Waals surface area contributed by atoms with E-state index < -0.39 is 0 Å². The Kier molecular flexibility index (Phi) is 3.65. The van der Waals surface area contributed by atoms with Gasteiger partial charge in [0.2, 0.25) is 0 Å². The van der Waals surface area contributed by atoms with Gasteiger partial charge in [0.05, 0.1) is 16.0 Å². The molecule has 1 atom stereocenters. The number of nitrogens with zero attached hydrogens (tertiary/aromatic N) is 1. The van der Waals surface area contributed by atoms with Gasteiger partial charge in [-0.2, -0.15) is 0 Å². The molecule has 1 aromatic carbocycles. The number of hydrogen-bond donors (Lipinski definition) is 1. The molecule has 1 N–H and O–H groups in total. The van der Waals surface area contributed by atoms with Crippen LogP contribution in [0.15, 0.2) is 22.8 Å². The second-order valence-corrected chi connectivity index (χ2v) is 5.98. The van der Waals surface area contributed by atoms with Crippen LogP contribution in [0.2, 0.25) is 0 Å². The molecule has 0 spiro atoms. The molecule has 1 aliphatic heterocycles. The number of aromatic nitrogens is 1. The van der Waals surface area contributed by atoms with E-state index in [0.29, 0.717) is 15.4 Å². The van der Waals surface area contributed by atoms with Gasteiger partial charge in [0.15, 0.2) is 5.78 Å². The average Bonchev–Trinajstić information content (AvgIpc) is 3.06. The Hall–Kier alpha value is -1.20. The van der Waals surface area contributed by atoms with Crippen LogP contribution >= 0.6 is 15.9 Å². The number of halogens is 2. The first-order valence-corrected chi connectivity index (χ1v) is 7.66. The standard InChI is InChI=1S/C15H16BrFN2O/c1-2-19-8-10(15(20)13-4-3-5-18-13)9-6-12(17)11(16)7-14(9)19/h6-8,13,18H,2-5H2,1H3. The molecule has 0 radical (unpaired) electrons. The van der Waals surface area contributed by atoms with Gasteiger partial charge >= 0.3 is 0 Å². The van der Waals surface area contributed by atoms with Crippen molar-refractivity contribution in [1.82, 2.24) is 9.88 Å². The number of carbonyl (C=O) groups excluding carboxylic acids is 1. The van der Waals surface area contributed by atoms with Crippen molar-refractivity contribution in [3.05, 3.63) is 34.2 Å². The summed E-state index contributed by atoms with van der Waals surface area (Å²) in [6, 6.07) is 3.07. The van der Waals surface area contributed by atoms with Crippen molar-refractivity contribution in [1.29, 1.82) is 0 Å². The van der Waals surface area contributed by atoms with E-state index in [1.54, 1.807) is 6.07 Å². The maximum absolute atomic E-state index is 13.8. The number of hydrogen-bond acceptors (Lipinski definition) is 2. The van der Waals surface area contributed by atoms with E-state index in [-0.39, 0.29) is 17.6 Å². The summed E-state index contributed by atoms with van der Waals surface area (Å²) in [7, 11) is 0. The molecule has 1 unspecified atom stereocenters. The topological polar surface area (TPSA) is 34.0 Å². The molecule has 1 fully saturated rings. The van der Waals surface area contributed by atoms with E-state index in [2.05, 4.69) is 21.2 Å². The van der Waals surface area contributed by atoms with Crippen molar-refractivity contribution in [3.63, 3.8) is 0 Å². The fourth-order valence-electron chi connectivity index (χ4n) is 2.84. The van der Waals surface area contributed by atoms with Crippen molar-refractivity contribution in [2.75, 3.05) is 6.54 Å². The molecule has 0 bridgehead atoms. The zero-order chi connectivity index (χ0) is 14.3. The molecule has 5 heteroatoms. The summed E-state index contributed by atoms with van der Waals surface area (Å²) in [5, 5.41) is 3.91. The molecule has 1 aromatic heterocycles. The minimum atomic E-state index is -0.334. The van der Waals surface area contributed by atoms with Gasteiger partial charge in [-0.05, 0) is 54.4 Å². The lowest BCUT2D eigenvalue weighted by Gasteiger charge is -2.07. The van der Waals surface area contributed by atoms with E-state index in [4.69, 9.17) is 0 Å². The molecule has 1 saturated heterocycles. The lowest BCUT2D eigenvalue weighted by Crippen LogP contribution is -2.30. The minimum Gasteiger partial charge on any atom is -0.347 e. The van der Waals surface area contributed by atoms with Crippen LogP contribution in [0.4, 0.5) is 4.39 Å². The van der Waals surface area contributed by atoms with Crippen molar-refractivity contribution >= 4 is 32.6 Å². The summed E-state index contributed by atoms with van der Waals surface area (Å²) < 4.78 is 16.2. The fourth-order valence-corrected chi connectivity index (χ4v) is 3.17. The van der Waals surface area contributed by atoms with Crippen LogP contribution in [0.3, 0.4) is 0 Å². The predicted molar refractivity (Wildman–Crippen MR) is 80.6 cm³/mol. The molecule has 3 rings (SSSR count). The zero-order valence-corrected chi connectivity index (χ0v) is 12.8. The second-order valence-electron chi connectivity index (χ2n) is 5.13. The van der Waals surface area contributed by atoms with Crippen molar-refractivity contribution in [2.24, 2.45) is 0 Å². The van der Waals surface area contributed by atoms with Gasteiger partial charge < -0.3 is 9.88 Å². The van der Waals surface area contributed by atoms with Crippen molar-refractivity contribution < 1.29 is 9.18 Å². The second kappa shape index (κ2) is 5.30. The smallest absolute Gasteiger partial charge is 0.181 e. The minimum absolute atomic E-state index is 0.0708. The van der Waals surface area contributed by atoms with E-state index in [1.807, 2.05) is 17.7 Å². The van der Waals surface area contributed by atoms with Crippen LogP contribution in [0, 0.1) is 5.82 Å². The molecule has 20 heavy (non-hydrogen) atoms. The van der Waals surface area contributed by atoms with E-state index >= 15 is 0 Å². The number of fused-ring (bicyclic) bond motifs is 1. The SMILES string of the molecule is CCn1cc(C(=O)C2CCCN2)c2cc(F)c(Br)cc21. The molecular weight excluding hydrogens is 323 g/mol. The number of aryl methyl sites for hydroxylation is 1. The molecule has 106 valence electrons. The van der Waals surface area contributed by atoms with Crippen LogP contribution in [-0.2, 0) is 6.54 Å². The third kappa shape index (κ3) is 2.19. The van der Waals surface area contributed by atoms with Gasteiger partial charge in [-0.25, -0.2) is 4.39 Å². The Morgan fingerprint density at radius 3 is 3.00 bits per heavy atom. The quantitative estimate of drug-likeness (QED) is 0.869. The van der Waals surface area contributed by atoms with Crippen LogP contribution in [0.5, 0.6) is 0 Å². The third-order valence-corrected chi connectivity index (χ3v) is 4.51. The summed E-state index contributed by atoms with van der Waals surface area (Å²) in [5.41, 5.74) is 1.51. The van der Waals surface area contributed by atoms with Crippen LogP contribution in [0.25, 0.3) is 10.9 Å². The Labute approximate surface area is 125 Å². The van der Waals surface area contributed by atoms with E-state index in [0.717, 1.165) is 31.4 Å². The van der Waals surface area contributed by atoms with E-state index in [1.165, 1.54) is 6.07 Å². The highest BCUT2D eigenvalue weighted by atomic mass is 79.9. The molecule has 2 aromatic rings. The largest absolute Gasteiger partial charge is 0.347 e. The molecule has 0 saturated carbocycles. The lowest BCUT2D eigenvalue weighted by atomic mass is 10.0. The number of carbonyl (C=O) groups is 1. The van der Waals surface area contributed by atoms with Crippen LogP contribution in [0.1, 0.15) is 30.1 Å². The van der Waals surface area contributed by atoms with Crippen molar-refractivity contribution in [2.45, 2.75) is 32.4 Å². The van der Waals surface area contributed by atoms with E-state index in [9.17, 15) is 9.18 Å². The maximum atomic E-state index is 13.8. The maximum Gasteiger partial charge on any atom is 0.181 e. The summed E-state index contributed by atoms with van der Waals surface area (Å²) in [6.45, 7) is 3.64. The molecular formula is C15H16BrFN2O. The lowest BCUT2D eigenvalue weighted by molar-refractivity contribution is 0.0954. The van der Waals surface area contributed by atoms with Gasteiger partial charge in [0, 0.05) is 23.7 Å². The van der Waals surface area contributed by atoms with Crippen LogP contribution < -0.4 is 5.32 Å². The normalized spacial score (nSPS) is 18.9. The number of ketones is 1. The van der Waals surface area contributed by atoms with Gasteiger partial charge in [0.25, 0.3) is 0 Å². The summed E-state index contributed by atoms with van der Waals surface area (Å²) in [4.78, 5) is 12.6. The number of nitrogens with one attached hydrogen (secondary N) is 1. The Balaban J connectivity index is 2.15. The van der Waals surface area contributed by atoms with Crippen molar-refractivity contribution in [3.8, 4) is 0 Å². The molecule has 3 nitrogen and oxygen atoms in total. The number of benzene rings is 1. The predicted octanol–water partition coefficient (Wildman–Crippen LogP) is 3.50. The first-order valence-electron chi connectivity index (χ1n) is 6.87. The molecule has 1 aliphatic rings. The zero-order valence-electron chi connectivity index (χ0n) is 11.2. The number of Topliss-reactive ketones (excluding diaryl/α,β-unsaturated/α-hetero) is 1. The Morgan fingerprint density at radius 2 is 2.35 bits per heavy atom. The Bertz CT molecular complexity index is 674. The van der Waals surface area contributed by atoms with Gasteiger partial charge in [0.1, 0.15) is 5.82 Å². The first kappa shape index (κ1) is 13.8. The highest BCUT2D eigenvalue weighted by Gasteiger charge is 2.26. The fraction of sp³-hybridized carbons (Fsp3) is 0.400. The summed E-state index contributed by atoms with van der Waals surface area (Å²) >= 11 is 3.21. The highest BCUT2D eigenvalue weighted by Crippen LogP contribution is 2.29. The first-order chi connectivity index (χ1) is 9.61. The molecule has 2 heterocycles. The van der Waals surface area contributed by atoms with Crippen LogP contribution in [-0.4, -0.2) is 22.9 Å². The molecule has 0 aliphatic carbocycles. The monoisotopic (exact) mass is 338 g/mol. The summed E-state index contributed by atoms with van der Waals surface area (Å²) in [5.74, 6) is -0.263. The van der Waals surface area contributed by atoms with Gasteiger partial charge in [-0.15, -0.1) is 0 Å². The summed E-state index contributed by atoms with van der Waals surface area (Å²) in [6.07, 6.45) is 3.72. The molecule has 0 amide bonds. The number of rotatable bonds is 3. The Morgan fingerprint density at radius 1 is 1.55 bits per heavy atom. The van der Waals surface area contributed by atoms with Gasteiger partial charge in [-0.3, -0.25) is 4.79 Å². The van der Waals surface area contributed by atoms with Gasteiger partial charge in [-0.1, -0.05) is 0 Å².